The molecule has 1 N–H and O–H groups in total. The number of hydrogen-bond acceptors (Lipinski definition) is 2. The summed E-state index contributed by atoms with van der Waals surface area (Å²) in [5.74, 6) is -1.26. The second-order valence-corrected chi connectivity index (χ2v) is 4.66. The lowest BCUT2D eigenvalue weighted by molar-refractivity contribution is -0.179. The van der Waals surface area contributed by atoms with E-state index in [4.69, 9.17) is 4.74 Å². The fourth-order valence-corrected chi connectivity index (χ4v) is 2.38. The maximum absolute atomic E-state index is 13.2. The summed E-state index contributed by atoms with van der Waals surface area (Å²) in [6.45, 7) is -0.145. The molecule has 0 aliphatic carbocycles. The molecule has 2 nitrogen and oxygen atoms in total. The van der Waals surface area contributed by atoms with E-state index in [0.29, 0.717) is 17.7 Å². The van der Waals surface area contributed by atoms with Crippen molar-refractivity contribution in [3.05, 3.63) is 29.6 Å². The highest BCUT2D eigenvalue weighted by atomic mass is 19.4. The standard InChI is InChI=1S/C13H15F4NO/c1-19-12-5-3-9(14)6-10(12)11-4-2-8(7-18-11)13(15,16)17/h3,5-6,8,11,18H,2,4,7H2,1H3. The van der Waals surface area contributed by atoms with Gasteiger partial charge in [0.2, 0.25) is 0 Å². The first kappa shape index (κ1) is 14.1. The van der Waals surface area contributed by atoms with Crippen molar-refractivity contribution in [2.75, 3.05) is 13.7 Å². The van der Waals surface area contributed by atoms with E-state index < -0.39 is 17.9 Å². The van der Waals surface area contributed by atoms with Crippen molar-refractivity contribution in [3.8, 4) is 5.75 Å². The van der Waals surface area contributed by atoms with Crippen LogP contribution >= 0.6 is 0 Å². The SMILES string of the molecule is COc1ccc(F)cc1C1CCC(C(F)(F)F)CN1. The number of ether oxygens (including phenoxy) is 1. The summed E-state index contributed by atoms with van der Waals surface area (Å²) in [5, 5.41) is 2.83. The Hall–Kier alpha value is -1.30. The third-order valence-electron chi connectivity index (χ3n) is 3.44. The Morgan fingerprint density at radius 1 is 1.26 bits per heavy atom. The zero-order valence-corrected chi connectivity index (χ0v) is 10.4. The van der Waals surface area contributed by atoms with Gasteiger partial charge in [-0.3, -0.25) is 0 Å². The van der Waals surface area contributed by atoms with Crippen LogP contribution < -0.4 is 10.1 Å². The van der Waals surface area contributed by atoms with Crippen LogP contribution in [-0.4, -0.2) is 19.8 Å². The van der Waals surface area contributed by atoms with Crippen LogP contribution in [0.2, 0.25) is 0 Å². The number of methoxy groups -OCH3 is 1. The third-order valence-corrected chi connectivity index (χ3v) is 3.44. The first-order valence-electron chi connectivity index (χ1n) is 6.05. The second kappa shape index (κ2) is 5.36. The van der Waals surface area contributed by atoms with E-state index in [9.17, 15) is 17.6 Å². The first-order chi connectivity index (χ1) is 8.91. The van der Waals surface area contributed by atoms with Gasteiger partial charge in [0.05, 0.1) is 13.0 Å². The highest BCUT2D eigenvalue weighted by Gasteiger charge is 2.41. The van der Waals surface area contributed by atoms with Gasteiger partial charge in [-0.15, -0.1) is 0 Å². The van der Waals surface area contributed by atoms with E-state index in [-0.39, 0.29) is 19.0 Å². The van der Waals surface area contributed by atoms with Crippen molar-refractivity contribution in [1.82, 2.24) is 5.32 Å². The van der Waals surface area contributed by atoms with Crippen molar-refractivity contribution in [2.24, 2.45) is 5.92 Å². The number of nitrogens with one attached hydrogen (secondary N) is 1. The molecule has 1 fully saturated rings. The number of piperidine rings is 1. The molecular weight excluding hydrogens is 262 g/mol. The molecule has 2 rings (SSSR count). The molecule has 2 atom stereocenters. The number of rotatable bonds is 2. The predicted octanol–water partition coefficient (Wildman–Crippen LogP) is 3.44. The fraction of sp³-hybridized carbons (Fsp3) is 0.538. The van der Waals surface area contributed by atoms with E-state index in [0.717, 1.165) is 0 Å². The van der Waals surface area contributed by atoms with Crippen LogP contribution in [0.5, 0.6) is 5.75 Å². The molecule has 0 saturated carbocycles. The Balaban J connectivity index is 2.11. The van der Waals surface area contributed by atoms with Crippen molar-refractivity contribution in [2.45, 2.75) is 25.1 Å². The van der Waals surface area contributed by atoms with Gasteiger partial charge in [0.15, 0.2) is 0 Å². The highest BCUT2D eigenvalue weighted by molar-refractivity contribution is 5.36. The molecule has 1 aliphatic heterocycles. The molecule has 1 saturated heterocycles. The van der Waals surface area contributed by atoms with Crippen LogP contribution in [0.4, 0.5) is 17.6 Å². The maximum Gasteiger partial charge on any atom is 0.393 e. The largest absolute Gasteiger partial charge is 0.496 e. The summed E-state index contributed by atoms with van der Waals surface area (Å²) in [6.07, 6.45) is -3.82. The minimum absolute atomic E-state index is 0.0425. The van der Waals surface area contributed by atoms with Crippen molar-refractivity contribution >= 4 is 0 Å². The molecule has 0 amide bonds. The molecule has 1 aromatic rings. The summed E-state index contributed by atoms with van der Waals surface area (Å²) in [5.41, 5.74) is 0.572. The normalized spacial score (nSPS) is 24.3. The second-order valence-electron chi connectivity index (χ2n) is 4.66. The molecule has 0 radical (unpaired) electrons. The summed E-state index contributed by atoms with van der Waals surface area (Å²) in [6, 6.07) is 3.76. The Morgan fingerprint density at radius 3 is 2.53 bits per heavy atom. The molecule has 1 heterocycles. The molecule has 2 unspecified atom stereocenters. The number of alkyl halides is 3. The van der Waals surface area contributed by atoms with Gasteiger partial charge in [-0.25, -0.2) is 4.39 Å². The summed E-state index contributed by atoms with van der Waals surface area (Å²) in [4.78, 5) is 0. The first-order valence-corrected chi connectivity index (χ1v) is 6.05. The number of halogens is 4. The number of benzene rings is 1. The van der Waals surface area contributed by atoms with Crippen LogP contribution in [0.25, 0.3) is 0 Å². The Bertz CT molecular complexity index is 439. The molecular formula is C13H15F4NO. The van der Waals surface area contributed by atoms with Gasteiger partial charge in [-0.2, -0.15) is 13.2 Å². The maximum atomic E-state index is 13.2. The molecule has 0 aromatic heterocycles. The summed E-state index contributed by atoms with van der Waals surface area (Å²) >= 11 is 0. The average molecular weight is 277 g/mol. The molecule has 0 bridgehead atoms. The molecule has 106 valence electrons. The molecule has 1 aromatic carbocycles. The quantitative estimate of drug-likeness (QED) is 0.836. The lowest BCUT2D eigenvalue weighted by Gasteiger charge is -2.31. The van der Waals surface area contributed by atoms with Gasteiger partial charge in [0.25, 0.3) is 0 Å². The lowest BCUT2D eigenvalue weighted by atomic mass is 9.90. The Labute approximate surface area is 108 Å². The van der Waals surface area contributed by atoms with Crippen LogP contribution in [0.1, 0.15) is 24.4 Å². The van der Waals surface area contributed by atoms with E-state index in [2.05, 4.69) is 5.32 Å². The Kier molecular flexibility index (Phi) is 3.99. The average Bonchev–Trinajstić information content (AvgIpc) is 2.38. The molecule has 1 aliphatic rings. The van der Waals surface area contributed by atoms with Crippen molar-refractivity contribution in [3.63, 3.8) is 0 Å². The zero-order valence-electron chi connectivity index (χ0n) is 10.4. The van der Waals surface area contributed by atoms with Crippen molar-refractivity contribution < 1.29 is 22.3 Å². The molecule has 0 spiro atoms. The smallest absolute Gasteiger partial charge is 0.393 e. The van der Waals surface area contributed by atoms with E-state index in [1.54, 1.807) is 0 Å². The van der Waals surface area contributed by atoms with Crippen molar-refractivity contribution in [1.29, 1.82) is 0 Å². The van der Waals surface area contributed by atoms with Crippen LogP contribution in [0, 0.1) is 11.7 Å². The zero-order chi connectivity index (χ0) is 14.0. The predicted molar refractivity (Wildman–Crippen MR) is 62.5 cm³/mol. The molecule has 6 heteroatoms. The van der Waals surface area contributed by atoms with Crippen LogP contribution in [-0.2, 0) is 0 Å². The van der Waals surface area contributed by atoms with Gasteiger partial charge in [0.1, 0.15) is 11.6 Å². The van der Waals surface area contributed by atoms with E-state index >= 15 is 0 Å². The van der Waals surface area contributed by atoms with Gasteiger partial charge in [-0.1, -0.05) is 0 Å². The topological polar surface area (TPSA) is 21.3 Å². The van der Waals surface area contributed by atoms with E-state index in [1.807, 2.05) is 0 Å². The van der Waals surface area contributed by atoms with E-state index in [1.165, 1.54) is 25.3 Å². The highest BCUT2D eigenvalue weighted by Crippen LogP contribution is 2.37. The monoisotopic (exact) mass is 277 g/mol. The number of hydrogen-bond donors (Lipinski definition) is 1. The van der Waals surface area contributed by atoms with Crippen LogP contribution in [0.15, 0.2) is 18.2 Å². The van der Waals surface area contributed by atoms with Gasteiger partial charge >= 0.3 is 6.18 Å². The summed E-state index contributed by atoms with van der Waals surface area (Å²) < 4.78 is 56.0. The molecule has 19 heavy (non-hydrogen) atoms. The van der Waals surface area contributed by atoms with Crippen LogP contribution in [0.3, 0.4) is 0 Å². The fourth-order valence-electron chi connectivity index (χ4n) is 2.38. The van der Waals surface area contributed by atoms with Gasteiger partial charge in [-0.05, 0) is 31.0 Å². The van der Waals surface area contributed by atoms with Gasteiger partial charge in [0, 0.05) is 18.2 Å². The van der Waals surface area contributed by atoms with Gasteiger partial charge < -0.3 is 10.1 Å². The third kappa shape index (κ3) is 3.18. The minimum atomic E-state index is -4.18. The summed E-state index contributed by atoms with van der Waals surface area (Å²) in [7, 11) is 1.46. The minimum Gasteiger partial charge on any atom is -0.496 e. The lowest BCUT2D eigenvalue weighted by Crippen LogP contribution is -2.40. The Morgan fingerprint density at radius 2 is 2.00 bits per heavy atom.